The van der Waals surface area contributed by atoms with Crippen molar-refractivity contribution in [2.45, 2.75) is 9.79 Å². The van der Waals surface area contributed by atoms with E-state index in [9.17, 15) is 57.5 Å². The summed E-state index contributed by atoms with van der Waals surface area (Å²) in [5, 5.41) is 14.5. The molecule has 0 aliphatic heterocycles. The molecule has 23 heteroatoms. The first-order valence-electron chi connectivity index (χ1n) is 26.6. The van der Waals surface area contributed by atoms with Crippen LogP contribution in [-0.4, -0.2) is 17.7 Å². The standard InChI is InChI=1S/C44H29OS.C24BF20/c45-42(29-12-2-1-3-13-29)28-46(43-38-20-10-8-18-34(38)24-36-22-30-14-4-6-16-32(30)26-40(36)43)44-39-21-11-9-19-35(39)25-37-23-31-15-5-7-17-33(31)27-41(37)44;26-5-1(6(27)14(35)21(42)13(5)34)25(2-7(28)15(36)22(43)16(37)8(2)29,3-9(30)17(38)23(44)18(39)10(3)31)4-11(32)19(40)24(45)20(41)12(4)33/h1-27H,28H2;/q+1;-1. The van der Waals surface area contributed by atoms with Crippen molar-refractivity contribution in [3.8, 4) is 0 Å². The van der Waals surface area contributed by atoms with Crippen LogP contribution < -0.4 is 21.9 Å². The van der Waals surface area contributed by atoms with Gasteiger partial charge in [0.15, 0.2) is 85.4 Å². The molecule has 91 heavy (non-hydrogen) atoms. The van der Waals surface area contributed by atoms with Crippen LogP contribution in [0.5, 0.6) is 0 Å². The number of benzene rings is 13. The Morgan fingerprint density at radius 1 is 0.253 bits per heavy atom. The molecule has 0 spiro atoms. The van der Waals surface area contributed by atoms with E-state index in [1.807, 2.05) is 30.3 Å². The molecule has 13 rings (SSSR count). The molecule has 0 atom stereocenters. The number of hydrogen-bond donors (Lipinski definition) is 0. The second kappa shape index (κ2) is 23.2. The average molecular weight is 1280 g/mol. The van der Waals surface area contributed by atoms with E-state index in [4.69, 9.17) is 0 Å². The molecule has 456 valence electrons. The predicted molar refractivity (Wildman–Crippen MR) is 307 cm³/mol. The topological polar surface area (TPSA) is 17.1 Å². The van der Waals surface area contributed by atoms with Crippen molar-refractivity contribution in [3.05, 3.63) is 286 Å². The van der Waals surface area contributed by atoms with Crippen molar-refractivity contribution in [2.24, 2.45) is 0 Å². The molecule has 0 aromatic heterocycles. The van der Waals surface area contributed by atoms with Crippen LogP contribution in [0.3, 0.4) is 0 Å². The molecule has 0 aliphatic carbocycles. The summed E-state index contributed by atoms with van der Waals surface area (Å²) in [6, 6.07) is 58.4. The Hall–Kier alpha value is -9.90. The number of carbonyl (C=O) groups is 1. The van der Waals surface area contributed by atoms with E-state index in [1.165, 1.54) is 74.4 Å². The van der Waals surface area contributed by atoms with Crippen LogP contribution in [0.2, 0.25) is 0 Å². The highest BCUT2D eigenvalue weighted by atomic mass is 32.2. The zero-order chi connectivity index (χ0) is 65.0. The fourth-order valence-electron chi connectivity index (χ4n) is 11.9. The van der Waals surface area contributed by atoms with Gasteiger partial charge in [0.1, 0.15) is 52.7 Å². The summed E-state index contributed by atoms with van der Waals surface area (Å²) in [4.78, 5) is 16.9. The molecule has 0 bridgehead atoms. The van der Waals surface area contributed by atoms with E-state index in [0.717, 1.165) is 5.56 Å². The van der Waals surface area contributed by atoms with Crippen LogP contribution in [0, 0.1) is 116 Å². The van der Waals surface area contributed by atoms with Gasteiger partial charge in [-0.2, -0.15) is 0 Å². The summed E-state index contributed by atoms with van der Waals surface area (Å²) in [6.07, 6.45) is -7.22. The summed E-state index contributed by atoms with van der Waals surface area (Å²) in [5.74, 6) is -70.9. The first-order valence-corrected chi connectivity index (χ1v) is 28.0. The molecule has 13 aromatic carbocycles. The molecular weight excluding hydrogens is 1260 g/mol. The third-order valence-corrected chi connectivity index (χ3v) is 18.3. The van der Waals surface area contributed by atoms with Crippen LogP contribution in [0.15, 0.2) is 174 Å². The van der Waals surface area contributed by atoms with Crippen molar-refractivity contribution in [1.82, 2.24) is 0 Å². The molecule has 1 nitrogen and oxygen atoms in total. The van der Waals surface area contributed by atoms with Gasteiger partial charge >= 0.3 is 0 Å². The van der Waals surface area contributed by atoms with E-state index in [2.05, 4.69) is 133 Å². The molecule has 0 saturated carbocycles. The van der Waals surface area contributed by atoms with Gasteiger partial charge in [-0.25, -0.2) is 87.8 Å². The number of ketones is 1. The fourth-order valence-corrected chi connectivity index (χ4v) is 14.6. The van der Waals surface area contributed by atoms with Crippen LogP contribution in [0.4, 0.5) is 87.8 Å². The van der Waals surface area contributed by atoms with Crippen molar-refractivity contribution in [1.29, 1.82) is 0 Å². The minimum atomic E-state index is -7.22. The molecule has 13 aromatic rings. The SMILES string of the molecule is Fc1c(F)c(F)c([B-](c2c(F)c(F)c(F)c(F)c2F)(c2c(F)c(F)c(F)c(F)c2F)c2c(F)c(F)c(F)c(F)c2F)c(F)c1F.O=C(C[S+](c1c2ccccc2cc2cc3ccccc3cc12)c1c2ccccc2cc2cc3ccccc3cc12)c1ccccc1. The Balaban J connectivity index is 0.000000176. The monoisotopic (exact) mass is 1280 g/mol. The van der Waals surface area contributed by atoms with Crippen LogP contribution in [-0.2, 0) is 10.9 Å². The Bertz CT molecular complexity index is 4710. The van der Waals surface area contributed by atoms with Gasteiger partial charge in [-0.3, -0.25) is 4.79 Å². The molecule has 0 fully saturated rings. The van der Waals surface area contributed by atoms with Crippen molar-refractivity contribution in [2.75, 3.05) is 5.75 Å². The first kappa shape index (κ1) is 61.3. The lowest BCUT2D eigenvalue weighted by atomic mass is 9.12. The zero-order valence-corrected chi connectivity index (χ0v) is 46.1. The minimum Gasteiger partial charge on any atom is -0.289 e. The smallest absolute Gasteiger partial charge is 0.212 e. The van der Waals surface area contributed by atoms with Crippen molar-refractivity contribution in [3.63, 3.8) is 0 Å². The van der Waals surface area contributed by atoms with Crippen molar-refractivity contribution < 1.29 is 92.6 Å². The Morgan fingerprint density at radius 2 is 0.484 bits per heavy atom. The summed E-state index contributed by atoms with van der Waals surface area (Å²) < 4.78 is 294. The Labute approximate surface area is 501 Å². The highest BCUT2D eigenvalue weighted by molar-refractivity contribution is 7.98. The van der Waals surface area contributed by atoms with Crippen LogP contribution in [0.25, 0.3) is 64.6 Å². The van der Waals surface area contributed by atoms with E-state index in [1.54, 1.807) is 0 Å². The first-order chi connectivity index (χ1) is 43.4. The number of Topliss-reactive ketones (excluding diaryl/α,β-unsaturated/α-hetero) is 1. The highest BCUT2D eigenvalue weighted by Gasteiger charge is 2.52. The molecule has 0 radical (unpaired) electrons. The van der Waals surface area contributed by atoms with Crippen LogP contribution >= 0.6 is 0 Å². The molecule has 0 amide bonds. The number of halogens is 20. The molecule has 0 saturated heterocycles. The molecule has 0 aliphatic rings. The fraction of sp³-hybridized carbons (Fsp3) is 0.0147. The lowest BCUT2D eigenvalue weighted by Crippen LogP contribution is -2.81. The van der Waals surface area contributed by atoms with Gasteiger partial charge in [0.2, 0.25) is 5.78 Å². The maximum atomic E-state index is 15.4. The van der Waals surface area contributed by atoms with Gasteiger partial charge in [-0.05, 0) is 91.6 Å². The van der Waals surface area contributed by atoms with E-state index in [0.29, 0.717) is 5.75 Å². The van der Waals surface area contributed by atoms with Crippen molar-refractivity contribution >= 4 is 109 Å². The largest absolute Gasteiger partial charge is 0.289 e. The Morgan fingerprint density at radius 3 is 0.780 bits per heavy atom. The third-order valence-electron chi connectivity index (χ3n) is 15.9. The number of hydrogen-bond acceptors (Lipinski definition) is 1. The second-order valence-corrected chi connectivity index (χ2v) is 22.7. The number of carbonyl (C=O) groups excluding carboxylic acids is 1. The molecule has 0 heterocycles. The minimum absolute atomic E-state index is 0.160. The highest BCUT2D eigenvalue weighted by Crippen LogP contribution is 2.45. The summed E-state index contributed by atoms with van der Waals surface area (Å²) >= 11 is 0. The lowest BCUT2D eigenvalue weighted by Gasteiger charge is -2.44. The third kappa shape index (κ3) is 9.56. The van der Waals surface area contributed by atoms with Gasteiger partial charge in [-0.1, -0.05) is 115 Å². The second-order valence-electron chi connectivity index (χ2n) is 20.8. The Kier molecular flexibility index (Phi) is 15.6. The summed E-state index contributed by atoms with van der Waals surface area (Å²) in [5.41, 5.74) is -13.6. The number of fused-ring (bicyclic) bond motifs is 6. The van der Waals surface area contributed by atoms with Crippen LogP contribution in [0.1, 0.15) is 10.4 Å². The lowest BCUT2D eigenvalue weighted by molar-refractivity contribution is 0.102. The van der Waals surface area contributed by atoms with Gasteiger partial charge in [-0.15, -0.1) is 21.9 Å². The molecule has 0 unspecified atom stereocenters. The maximum Gasteiger partial charge on any atom is 0.212 e. The summed E-state index contributed by atoms with van der Waals surface area (Å²) in [6.45, 7) is 0. The van der Waals surface area contributed by atoms with E-state index < -0.39 is 155 Å². The quantitative estimate of drug-likeness (QED) is 0.0268. The molecular formula is C68H29BF20OS. The van der Waals surface area contributed by atoms with Gasteiger partial charge in [0.05, 0.1) is 10.9 Å². The van der Waals surface area contributed by atoms with E-state index in [-0.39, 0.29) is 5.78 Å². The maximum absolute atomic E-state index is 15.4. The normalized spacial score (nSPS) is 11.9. The number of rotatable bonds is 9. The summed E-state index contributed by atoms with van der Waals surface area (Å²) in [7, 11) is -0.615. The van der Waals surface area contributed by atoms with Gasteiger partial charge < -0.3 is 0 Å². The van der Waals surface area contributed by atoms with Gasteiger partial charge in [0, 0.05) is 27.1 Å². The average Bonchev–Trinajstić information content (AvgIpc) is 0.693. The molecule has 0 N–H and O–H groups in total. The van der Waals surface area contributed by atoms with E-state index >= 15 is 35.1 Å². The predicted octanol–water partition coefficient (Wildman–Crippen LogP) is 17.4. The zero-order valence-electron chi connectivity index (χ0n) is 45.2. The van der Waals surface area contributed by atoms with Gasteiger partial charge in [0.25, 0.3) is 0 Å².